The molecule has 3 heteroatoms. The minimum atomic E-state index is -0.0384. The lowest BCUT2D eigenvalue weighted by atomic mass is 10.1. The smallest absolute Gasteiger partial charge is 0.0666 e. The molecule has 1 aliphatic heterocycles. The molecule has 0 aromatic heterocycles. The van der Waals surface area contributed by atoms with Crippen LogP contribution < -0.4 is 5.73 Å². The Balaban J connectivity index is 2.02. The van der Waals surface area contributed by atoms with E-state index in [0.29, 0.717) is 6.10 Å². The van der Waals surface area contributed by atoms with Gasteiger partial charge in [0.2, 0.25) is 0 Å². The summed E-state index contributed by atoms with van der Waals surface area (Å²) < 4.78 is 5.51. The normalized spacial score (nSPS) is 24.8. The fraction of sp³-hybridized carbons (Fsp3) is 1.00. The molecular formula is C9H19NOS. The largest absolute Gasteiger partial charge is 0.377 e. The topological polar surface area (TPSA) is 35.2 Å². The molecule has 1 saturated heterocycles. The van der Waals surface area contributed by atoms with Gasteiger partial charge in [-0.3, -0.25) is 0 Å². The maximum atomic E-state index is 5.86. The Morgan fingerprint density at radius 1 is 1.58 bits per heavy atom. The van der Waals surface area contributed by atoms with Gasteiger partial charge in [0.05, 0.1) is 6.10 Å². The predicted molar refractivity (Wildman–Crippen MR) is 54.6 cm³/mol. The van der Waals surface area contributed by atoms with E-state index in [4.69, 9.17) is 10.5 Å². The number of hydrogen-bond acceptors (Lipinski definition) is 3. The maximum absolute atomic E-state index is 5.86. The molecule has 1 unspecified atom stereocenters. The monoisotopic (exact) mass is 189 g/mol. The van der Waals surface area contributed by atoms with E-state index in [1.807, 2.05) is 11.8 Å². The molecule has 2 N–H and O–H groups in total. The van der Waals surface area contributed by atoms with Crippen LogP contribution in [0, 0.1) is 0 Å². The third-order valence-electron chi connectivity index (χ3n) is 1.80. The number of rotatable bonds is 4. The minimum Gasteiger partial charge on any atom is -0.377 e. The van der Waals surface area contributed by atoms with Crippen LogP contribution in [0.2, 0.25) is 0 Å². The molecule has 1 atom stereocenters. The summed E-state index contributed by atoms with van der Waals surface area (Å²) in [5, 5.41) is 0. The Morgan fingerprint density at radius 2 is 2.33 bits per heavy atom. The van der Waals surface area contributed by atoms with Crippen LogP contribution in [0.5, 0.6) is 0 Å². The molecule has 1 heterocycles. The van der Waals surface area contributed by atoms with Crippen LogP contribution >= 0.6 is 11.8 Å². The van der Waals surface area contributed by atoms with Gasteiger partial charge in [-0.25, -0.2) is 0 Å². The summed E-state index contributed by atoms with van der Waals surface area (Å²) in [5.74, 6) is 2.13. The van der Waals surface area contributed by atoms with Crippen molar-refractivity contribution >= 4 is 11.8 Å². The second kappa shape index (κ2) is 4.49. The first-order valence-electron chi connectivity index (χ1n) is 4.56. The van der Waals surface area contributed by atoms with Gasteiger partial charge in [0.15, 0.2) is 0 Å². The molecule has 0 amide bonds. The van der Waals surface area contributed by atoms with Crippen LogP contribution in [0.1, 0.15) is 26.7 Å². The zero-order chi connectivity index (χ0) is 9.03. The molecule has 1 aliphatic rings. The van der Waals surface area contributed by atoms with Crippen LogP contribution in [0.3, 0.4) is 0 Å². The highest BCUT2D eigenvalue weighted by Crippen LogP contribution is 2.18. The van der Waals surface area contributed by atoms with Gasteiger partial charge in [0.25, 0.3) is 0 Å². The quantitative estimate of drug-likeness (QED) is 0.730. The zero-order valence-corrected chi connectivity index (χ0v) is 8.82. The third kappa shape index (κ3) is 4.33. The number of nitrogens with two attached hydrogens (primary N) is 1. The Kier molecular flexibility index (Phi) is 3.87. The number of hydrogen-bond donors (Lipinski definition) is 1. The molecule has 0 aromatic carbocycles. The van der Waals surface area contributed by atoms with Gasteiger partial charge < -0.3 is 10.5 Å². The lowest BCUT2D eigenvalue weighted by Gasteiger charge is -2.18. The molecule has 12 heavy (non-hydrogen) atoms. The average Bonchev–Trinajstić information content (AvgIpc) is 2.36. The van der Waals surface area contributed by atoms with Crippen molar-refractivity contribution in [2.45, 2.75) is 38.3 Å². The van der Waals surface area contributed by atoms with Gasteiger partial charge >= 0.3 is 0 Å². The van der Waals surface area contributed by atoms with Gasteiger partial charge in [0, 0.05) is 23.7 Å². The first kappa shape index (κ1) is 10.4. The molecule has 2 nitrogen and oxygen atoms in total. The maximum Gasteiger partial charge on any atom is 0.0666 e. The summed E-state index contributed by atoms with van der Waals surface area (Å²) in [6.07, 6.45) is 2.97. The molecule has 0 radical (unpaired) electrons. The summed E-state index contributed by atoms with van der Waals surface area (Å²) >= 11 is 1.91. The Labute approximate surface area is 79.2 Å². The summed E-state index contributed by atoms with van der Waals surface area (Å²) in [5.41, 5.74) is 5.82. The Hall–Kier alpha value is 0.270. The molecule has 1 rings (SSSR count). The number of thioether (sulfide) groups is 1. The van der Waals surface area contributed by atoms with E-state index in [1.165, 1.54) is 12.8 Å². The van der Waals surface area contributed by atoms with Crippen molar-refractivity contribution in [3.05, 3.63) is 0 Å². The second-order valence-electron chi connectivity index (χ2n) is 4.14. The fourth-order valence-electron chi connectivity index (χ4n) is 1.23. The average molecular weight is 189 g/mol. The summed E-state index contributed by atoms with van der Waals surface area (Å²) in [6.45, 7) is 5.09. The second-order valence-corrected chi connectivity index (χ2v) is 5.17. The van der Waals surface area contributed by atoms with Crippen molar-refractivity contribution in [3.63, 3.8) is 0 Å². The van der Waals surface area contributed by atoms with Gasteiger partial charge in [-0.2, -0.15) is 11.8 Å². The SMILES string of the molecule is CC(C)(N)CSCC1CCCO1. The predicted octanol–water partition coefficient (Wildman–Crippen LogP) is 1.64. The molecule has 0 saturated carbocycles. The van der Waals surface area contributed by atoms with Gasteiger partial charge in [-0.1, -0.05) is 0 Å². The molecule has 0 aromatic rings. The van der Waals surface area contributed by atoms with Crippen LogP contribution in [0.4, 0.5) is 0 Å². The van der Waals surface area contributed by atoms with Crippen molar-refractivity contribution in [1.29, 1.82) is 0 Å². The molecule has 0 aliphatic carbocycles. The third-order valence-corrected chi connectivity index (χ3v) is 3.36. The summed E-state index contributed by atoms with van der Waals surface area (Å²) in [6, 6.07) is 0. The summed E-state index contributed by atoms with van der Waals surface area (Å²) in [4.78, 5) is 0. The van der Waals surface area contributed by atoms with Crippen LogP contribution in [-0.2, 0) is 4.74 Å². The lowest BCUT2D eigenvalue weighted by molar-refractivity contribution is 0.129. The molecular weight excluding hydrogens is 170 g/mol. The van der Waals surface area contributed by atoms with Crippen molar-refractivity contribution in [2.24, 2.45) is 5.73 Å². The van der Waals surface area contributed by atoms with E-state index < -0.39 is 0 Å². The van der Waals surface area contributed by atoms with Gasteiger partial charge in [0.1, 0.15) is 0 Å². The van der Waals surface area contributed by atoms with Crippen molar-refractivity contribution in [3.8, 4) is 0 Å². The highest BCUT2D eigenvalue weighted by molar-refractivity contribution is 7.99. The Bertz CT molecular complexity index is 127. The van der Waals surface area contributed by atoms with Crippen molar-refractivity contribution < 1.29 is 4.74 Å². The van der Waals surface area contributed by atoms with E-state index >= 15 is 0 Å². The first-order chi connectivity index (χ1) is 5.58. The van der Waals surface area contributed by atoms with Crippen LogP contribution in [0.15, 0.2) is 0 Å². The minimum absolute atomic E-state index is 0.0384. The van der Waals surface area contributed by atoms with Crippen LogP contribution in [0.25, 0.3) is 0 Å². The molecule has 72 valence electrons. The first-order valence-corrected chi connectivity index (χ1v) is 5.72. The van der Waals surface area contributed by atoms with Gasteiger partial charge in [-0.15, -0.1) is 0 Å². The summed E-state index contributed by atoms with van der Waals surface area (Å²) in [7, 11) is 0. The van der Waals surface area contributed by atoms with Gasteiger partial charge in [-0.05, 0) is 26.7 Å². The van der Waals surface area contributed by atoms with Crippen molar-refractivity contribution in [2.75, 3.05) is 18.1 Å². The van der Waals surface area contributed by atoms with E-state index in [-0.39, 0.29) is 5.54 Å². The van der Waals surface area contributed by atoms with E-state index in [9.17, 15) is 0 Å². The Morgan fingerprint density at radius 3 is 2.83 bits per heavy atom. The molecule has 0 bridgehead atoms. The highest BCUT2D eigenvalue weighted by atomic mass is 32.2. The highest BCUT2D eigenvalue weighted by Gasteiger charge is 2.17. The van der Waals surface area contributed by atoms with Crippen LogP contribution in [-0.4, -0.2) is 29.8 Å². The molecule has 1 fully saturated rings. The standard InChI is InChI=1S/C9H19NOS/c1-9(2,10)7-12-6-8-4-3-5-11-8/h8H,3-7,10H2,1-2H3. The lowest BCUT2D eigenvalue weighted by Crippen LogP contribution is -2.35. The van der Waals surface area contributed by atoms with Crippen molar-refractivity contribution in [1.82, 2.24) is 0 Å². The molecule has 0 spiro atoms. The van der Waals surface area contributed by atoms with E-state index in [1.54, 1.807) is 0 Å². The zero-order valence-electron chi connectivity index (χ0n) is 8.01. The van der Waals surface area contributed by atoms with E-state index in [0.717, 1.165) is 18.1 Å². The van der Waals surface area contributed by atoms with E-state index in [2.05, 4.69) is 13.8 Å². The fourth-order valence-corrected chi connectivity index (χ4v) is 2.40. The number of ether oxygens (including phenoxy) is 1.